The predicted octanol–water partition coefficient (Wildman–Crippen LogP) is 2.47. The maximum Gasteiger partial charge on any atom is 0.416 e. The van der Waals surface area contributed by atoms with Crippen molar-refractivity contribution < 1.29 is 32.4 Å². The summed E-state index contributed by atoms with van der Waals surface area (Å²) in [5, 5.41) is 0.203. The number of halogens is 3. The minimum Gasteiger partial charge on any atom is -0.323 e. The Morgan fingerprint density at radius 2 is 1.62 bits per heavy atom. The molecule has 0 bridgehead atoms. The Morgan fingerprint density at radius 1 is 1.04 bits per heavy atom. The van der Waals surface area contributed by atoms with Crippen molar-refractivity contribution in [3.8, 4) is 0 Å². The molecule has 0 unspecified atom stereocenters. The molecule has 0 saturated heterocycles. The van der Waals surface area contributed by atoms with Gasteiger partial charge in [-0.05, 0) is 24.3 Å². The molecule has 9 heteroatoms. The van der Waals surface area contributed by atoms with Crippen LogP contribution in [0.25, 0.3) is 0 Å². The second kappa shape index (κ2) is 5.44. The molecule has 2 heterocycles. The summed E-state index contributed by atoms with van der Waals surface area (Å²) < 4.78 is 37.9. The smallest absolute Gasteiger partial charge is 0.323 e. The Hall–Kier alpha value is -3.23. The van der Waals surface area contributed by atoms with Crippen LogP contribution in [0.1, 0.15) is 36.8 Å². The molecule has 24 heavy (non-hydrogen) atoms. The number of carbonyl (C=O) groups is 3. The minimum absolute atomic E-state index is 0.0345. The number of hydroxylamine groups is 2. The third-order valence-corrected chi connectivity index (χ3v) is 3.23. The normalized spacial score (nSPS) is 13.9. The second-order valence-corrected chi connectivity index (χ2v) is 4.76. The lowest BCUT2D eigenvalue weighted by Gasteiger charge is -2.13. The summed E-state index contributed by atoms with van der Waals surface area (Å²) in [6, 6.07) is 6.92. The van der Waals surface area contributed by atoms with E-state index in [1.807, 2.05) is 0 Å². The lowest BCUT2D eigenvalue weighted by Crippen LogP contribution is -2.33. The molecule has 0 fully saturated rings. The quantitative estimate of drug-likeness (QED) is 0.788. The molecule has 1 aromatic carbocycles. The van der Waals surface area contributed by atoms with E-state index in [4.69, 9.17) is 0 Å². The first-order chi connectivity index (χ1) is 11.3. The maximum absolute atomic E-state index is 12.6. The molecule has 0 atom stereocenters. The number of aromatic nitrogens is 1. The van der Waals surface area contributed by atoms with Crippen molar-refractivity contribution in [3.63, 3.8) is 0 Å². The number of benzene rings is 1. The molecular formula is C15H7F3N2O4. The number of fused-ring (bicyclic) bond motifs is 1. The van der Waals surface area contributed by atoms with Gasteiger partial charge in [0, 0.05) is 6.20 Å². The third kappa shape index (κ3) is 2.60. The monoisotopic (exact) mass is 336 g/mol. The summed E-state index contributed by atoms with van der Waals surface area (Å²) in [6.45, 7) is 0. The number of carbonyl (C=O) groups excluding carboxylic acids is 3. The average Bonchev–Trinajstić information content (AvgIpc) is 2.80. The van der Waals surface area contributed by atoms with E-state index in [9.17, 15) is 27.6 Å². The van der Waals surface area contributed by atoms with E-state index in [-0.39, 0.29) is 16.2 Å². The standard InChI is InChI=1S/C15H7F3N2O4/c16-15(17,18)8-5-6-19-11(7-8)14(23)24-20-12(21)9-3-1-2-4-10(9)13(20)22/h1-7H. The largest absolute Gasteiger partial charge is 0.416 e. The van der Waals surface area contributed by atoms with Crippen molar-refractivity contribution in [3.05, 3.63) is 65.0 Å². The van der Waals surface area contributed by atoms with Crippen LogP contribution in [0, 0.1) is 0 Å². The van der Waals surface area contributed by atoms with Crippen LogP contribution in [-0.4, -0.2) is 27.8 Å². The summed E-state index contributed by atoms with van der Waals surface area (Å²) in [7, 11) is 0. The molecular weight excluding hydrogens is 329 g/mol. The first-order valence-electron chi connectivity index (χ1n) is 6.52. The van der Waals surface area contributed by atoms with Crippen molar-refractivity contribution in [1.82, 2.24) is 10.0 Å². The highest BCUT2D eigenvalue weighted by atomic mass is 19.4. The molecule has 0 aliphatic carbocycles. The third-order valence-electron chi connectivity index (χ3n) is 3.23. The van der Waals surface area contributed by atoms with Crippen molar-refractivity contribution in [2.75, 3.05) is 0 Å². The summed E-state index contributed by atoms with van der Waals surface area (Å²) in [6.07, 6.45) is -3.89. The Labute approximate surface area is 132 Å². The van der Waals surface area contributed by atoms with Crippen LogP contribution in [0.15, 0.2) is 42.6 Å². The number of imide groups is 1. The first kappa shape index (κ1) is 15.7. The van der Waals surface area contributed by atoms with E-state index in [1.165, 1.54) is 24.3 Å². The van der Waals surface area contributed by atoms with Gasteiger partial charge in [-0.15, -0.1) is 0 Å². The van der Waals surface area contributed by atoms with E-state index in [0.29, 0.717) is 12.1 Å². The number of alkyl halides is 3. The molecule has 0 saturated carbocycles. The van der Waals surface area contributed by atoms with Gasteiger partial charge in [-0.25, -0.2) is 9.78 Å². The summed E-state index contributed by atoms with van der Waals surface area (Å²) in [5.41, 5.74) is -1.72. The maximum atomic E-state index is 12.6. The van der Waals surface area contributed by atoms with Gasteiger partial charge in [0.2, 0.25) is 0 Å². The molecule has 2 aromatic rings. The number of hydrogen-bond acceptors (Lipinski definition) is 5. The molecule has 1 aliphatic heterocycles. The minimum atomic E-state index is -4.67. The van der Waals surface area contributed by atoms with Crippen molar-refractivity contribution >= 4 is 17.8 Å². The van der Waals surface area contributed by atoms with Gasteiger partial charge in [-0.3, -0.25) is 9.59 Å². The summed E-state index contributed by atoms with van der Waals surface area (Å²) in [4.78, 5) is 44.1. The van der Waals surface area contributed by atoms with Gasteiger partial charge < -0.3 is 4.84 Å². The summed E-state index contributed by atoms with van der Waals surface area (Å²) >= 11 is 0. The van der Waals surface area contributed by atoms with Gasteiger partial charge in [0.1, 0.15) is 0 Å². The number of hydrogen-bond donors (Lipinski definition) is 0. The zero-order chi connectivity index (χ0) is 17.5. The van der Waals surface area contributed by atoms with Gasteiger partial charge in [-0.2, -0.15) is 13.2 Å². The van der Waals surface area contributed by atoms with Crippen LogP contribution in [0.4, 0.5) is 13.2 Å². The van der Waals surface area contributed by atoms with Gasteiger partial charge in [0.15, 0.2) is 5.69 Å². The zero-order valence-corrected chi connectivity index (χ0v) is 11.7. The Balaban J connectivity index is 1.84. The number of nitrogens with zero attached hydrogens (tertiary/aromatic N) is 2. The fraction of sp³-hybridized carbons (Fsp3) is 0.0667. The lowest BCUT2D eigenvalue weighted by atomic mass is 10.1. The molecule has 6 nitrogen and oxygen atoms in total. The van der Waals surface area contributed by atoms with Crippen molar-refractivity contribution in [2.24, 2.45) is 0 Å². The predicted molar refractivity (Wildman–Crippen MR) is 71.6 cm³/mol. The topological polar surface area (TPSA) is 76.6 Å². The lowest BCUT2D eigenvalue weighted by molar-refractivity contribution is -0.137. The number of rotatable bonds is 2. The number of pyridine rings is 1. The summed E-state index contributed by atoms with van der Waals surface area (Å²) in [5.74, 6) is -3.11. The molecule has 0 N–H and O–H groups in total. The van der Waals surface area contributed by atoms with Crippen LogP contribution in [0.5, 0.6) is 0 Å². The number of amides is 2. The second-order valence-electron chi connectivity index (χ2n) is 4.76. The van der Waals surface area contributed by atoms with Crippen LogP contribution in [0.3, 0.4) is 0 Å². The molecule has 1 aromatic heterocycles. The van der Waals surface area contributed by atoms with Crippen LogP contribution >= 0.6 is 0 Å². The van der Waals surface area contributed by atoms with E-state index in [2.05, 4.69) is 9.82 Å². The highest BCUT2D eigenvalue weighted by Crippen LogP contribution is 2.29. The van der Waals surface area contributed by atoms with Crippen molar-refractivity contribution in [1.29, 1.82) is 0 Å². The van der Waals surface area contributed by atoms with Gasteiger partial charge in [0.05, 0.1) is 16.7 Å². The first-order valence-corrected chi connectivity index (χ1v) is 6.52. The molecule has 0 radical (unpaired) electrons. The Bertz CT molecular complexity index is 829. The highest BCUT2D eigenvalue weighted by molar-refractivity contribution is 6.21. The Morgan fingerprint density at radius 3 is 2.17 bits per heavy atom. The molecule has 122 valence electrons. The van der Waals surface area contributed by atoms with E-state index >= 15 is 0 Å². The zero-order valence-electron chi connectivity index (χ0n) is 11.7. The van der Waals surface area contributed by atoms with Gasteiger partial charge >= 0.3 is 12.1 Å². The van der Waals surface area contributed by atoms with E-state index in [1.54, 1.807) is 0 Å². The van der Waals surface area contributed by atoms with E-state index in [0.717, 1.165) is 6.20 Å². The van der Waals surface area contributed by atoms with E-state index < -0.39 is 35.2 Å². The Kier molecular flexibility index (Phi) is 3.55. The van der Waals surface area contributed by atoms with Crippen LogP contribution < -0.4 is 0 Å². The van der Waals surface area contributed by atoms with Gasteiger partial charge in [0.25, 0.3) is 11.8 Å². The molecule has 1 aliphatic rings. The highest BCUT2D eigenvalue weighted by Gasteiger charge is 2.39. The fourth-order valence-electron chi connectivity index (χ4n) is 2.10. The molecule has 2 amide bonds. The van der Waals surface area contributed by atoms with Crippen LogP contribution in [0.2, 0.25) is 0 Å². The molecule has 0 spiro atoms. The van der Waals surface area contributed by atoms with Gasteiger partial charge in [-0.1, -0.05) is 17.2 Å². The SMILES string of the molecule is O=C(ON1C(=O)c2ccccc2C1=O)c1cc(C(F)(F)F)ccn1. The van der Waals surface area contributed by atoms with Crippen molar-refractivity contribution in [2.45, 2.75) is 6.18 Å². The average molecular weight is 336 g/mol. The molecule has 3 rings (SSSR count). The fourth-order valence-corrected chi connectivity index (χ4v) is 2.10. The van der Waals surface area contributed by atoms with Crippen LogP contribution in [-0.2, 0) is 11.0 Å².